The van der Waals surface area contributed by atoms with Gasteiger partial charge >= 0.3 is 0 Å². The molecule has 0 aliphatic carbocycles. The minimum Gasteiger partial charge on any atom is -0.325 e. The maximum absolute atomic E-state index is 6.42. The Labute approximate surface area is 120 Å². The van der Waals surface area contributed by atoms with Crippen molar-refractivity contribution in [3.05, 3.63) is 12.2 Å². The minimum atomic E-state index is -0.163. The molecule has 0 saturated carbocycles. The molecule has 3 unspecified atom stereocenters. The third-order valence-electron chi connectivity index (χ3n) is 5.09. The number of hydrogen-bond acceptors (Lipinski definition) is 2. The molecule has 2 heteroatoms. The molecule has 1 fully saturated rings. The largest absolute Gasteiger partial charge is 0.325 e. The molecule has 1 aliphatic rings. The lowest BCUT2D eigenvalue weighted by Crippen LogP contribution is -2.59. The Morgan fingerprint density at radius 3 is 2.42 bits per heavy atom. The van der Waals surface area contributed by atoms with Crippen LogP contribution < -0.4 is 5.73 Å². The molecular formula is C17H34N2. The molecule has 0 aromatic rings. The zero-order valence-corrected chi connectivity index (χ0v) is 13.9. The molecule has 0 radical (unpaired) electrons. The molecule has 0 aromatic carbocycles. The zero-order valence-electron chi connectivity index (χ0n) is 13.9. The van der Waals surface area contributed by atoms with Crippen LogP contribution in [0.25, 0.3) is 0 Å². The molecule has 2 N–H and O–H groups in total. The summed E-state index contributed by atoms with van der Waals surface area (Å²) in [7, 11) is 0. The summed E-state index contributed by atoms with van der Waals surface area (Å²) < 4.78 is 0. The molecule has 0 amide bonds. The topological polar surface area (TPSA) is 29.3 Å². The van der Waals surface area contributed by atoms with Crippen molar-refractivity contribution in [3.63, 3.8) is 0 Å². The second-order valence-electron chi connectivity index (χ2n) is 7.32. The Morgan fingerprint density at radius 2 is 1.89 bits per heavy atom. The summed E-state index contributed by atoms with van der Waals surface area (Å²) in [6.07, 6.45) is 8.60. The molecule has 112 valence electrons. The van der Waals surface area contributed by atoms with Crippen LogP contribution in [0.1, 0.15) is 60.8 Å². The number of hydrogen-bond donors (Lipinski definition) is 1. The molecule has 19 heavy (non-hydrogen) atoms. The first-order valence-corrected chi connectivity index (χ1v) is 7.89. The lowest BCUT2D eigenvalue weighted by molar-refractivity contribution is 0.0576. The van der Waals surface area contributed by atoms with Crippen LogP contribution in [-0.2, 0) is 0 Å². The van der Waals surface area contributed by atoms with Crippen molar-refractivity contribution in [1.82, 2.24) is 4.90 Å². The molecule has 1 aliphatic heterocycles. The van der Waals surface area contributed by atoms with Crippen LogP contribution in [0.3, 0.4) is 0 Å². The van der Waals surface area contributed by atoms with E-state index in [1.165, 1.54) is 32.4 Å². The molecule has 1 heterocycles. The SMILES string of the molecule is C/C=C/C(C)(C(C)C(C)(C)N)N1CCCCC(C)C1. The van der Waals surface area contributed by atoms with E-state index in [0.29, 0.717) is 5.92 Å². The number of nitrogens with zero attached hydrogens (tertiary/aromatic N) is 1. The maximum Gasteiger partial charge on any atom is 0.0405 e. The Balaban J connectivity index is 3.03. The predicted molar refractivity (Wildman–Crippen MR) is 85.2 cm³/mol. The van der Waals surface area contributed by atoms with E-state index in [1.807, 2.05) is 0 Å². The summed E-state index contributed by atoms with van der Waals surface area (Å²) in [5.41, 5.74) is 6.31. The van der Waals surface area contributed by atoms with Crippen LogP contribution >= 0.6 is 0 Å². The molecule has 0 aromatic heterocycles. The lowest BCUT2D eigenvalue weighted by Gasteiger charge is -2.48. The van der Waals surface area contributed by atoms with Crippen LogP contribution in [0.15, 0.2) is 12.2 Å². The average Bonchev–Trinajstić information content (AvgIpc) is 2.52. The fourth-order valence-electron chi connectivity index (χ4n) is 3.41. The smallest absolute Gasteiger partial charge is 0.0405 e. The Morgan fingerprint density at radius 1 is 1.26 bits per heavy atom. The summed E-state index contributed by atoms with van der Waals surface area (Å²) in [4.78, 5) is 2.67. The second-order valence-corrected chi connectivity index (χ2v) is 7.32. The fraction of sp³-hybridized carbons (Fsp3) is 0.882. The molecule has 1 saturated heterocycles. The van der Waals surface area contributed by atoms with Gasteiger partial charge in [-0.1, -0.05) is 32.4 Å². The number of nitrogens with two attached hydrogens (primary N) is 1. The van der Waals surface area contributed by atoms with Crippen LogP contribution in [0.2, 0.25) is 0 Å². The summed E-state index contributed by atoms with van der Waals surface area (Å²) >= 11 is 0. The van der Waals surface area contributed by atoms with Crippen LogP contribution in [0.4, 0.5) is 0 Å². The first kappa shape index (κ1) is 16.7. The van der Waals surface area contributed by atoms with E-state index >= 15 is 0 Å². The quantitative estimate of drug-likeness (QED) is 0.784. The van der Waals surface area contributed by atoms with Gasteiger partial charge in [0, 0.05) is 17.6 Å². The van der Waals surface area contributed by atoms with Gasteiger partial charge in [0.25, 0.3) is 0 Å². The highest BCUT2D eigenvalue weighted by Crippen LogP contribution is 2.35. The van der Waals surface area contributed by atoms with Gasteiger partial charge in [0.05, 0.1) is 0 Å². The van der Waals surface area contributed by atoms with Gasteiger partial charge < -0.3 is 5.73 Å². The number of rotatable bonds is 4. The van der Waals surface area contributed by atoms with Gasteiger partial charge in [-0.15, -0.1) is 0 Å². The molecule has 0 spiro atoms. The summed E-state index contributed by atoms with van der Waals surface area (Å²) in [5.74, 6) is 1.21. The van der Waals surface area contributed by atoms with E-state index in [-0.39, 0.29) is 11.1 Å². The highest BCUT2D eigenvalue weighted by atomic mass is 15.2. The Hall–Kier alpha value is -0.340. The highest BCUT2D eigenvalue weighted by molar-refractivity contribution is 5.11. The van der Waals surface area contributed by atoms with Crippen molar-refractivity contribution in [2.75, 3.05) is 13.1 Å². The van der Waals surface area contributed by atoms with Crippen molar-refractivity contribution in [3.8, 4) is 0 Å². The maximum atomic E-state index is 6.42. The van der Waals surface area contributed by atoms with E-state index in [0.717, 1.165) is 5.92 Å². The predicted octanol–water partition coefficient (Wildman–Crippen LogP) is 3.82. The summed E-state index contributed by atoms with van der Waals surface area (Å²) in [5, 5.41) is 0. The Kier molecular flexibility index (Phi) is 5.64. The summed E-state index contributed by atoms with van der Waals surface area (Å²) in [6.45, 7) is 15.9. The normalized spacial score (nSPS) is 28.1. The lowest BCUT2D eigenvalue weighted by atomic mass is 9.73. The van der Waals surface area contributed by atoms with E-state index in [1.54, 1.807) is 0 Å². The monoisotopic (exact) mass is 266 g/mol. The number of allylic oxidation sites excluding steroid dienone is 1. The van der Waals surface area contributed by atoms with E-state index < -0.39 is 0 Å². The number of likely N-dealkylation sites (tertiary alicyclic amines) is 1. The minimum absolute atomic E-state index is 0.0611. The van der Waals surface area contributed by atoms with Gasteiger partial charge in [-0.2, -0.15) is 0 Å². The van der Waals surface area contributed by atoms with E-state index in [4.69, 9.17) is 5.73 Å². The van der Waals surface area contributed by atoms with E-state index in [9.17, 15) is 0 Å². The van der Waals surface area contributed by atoms with Crippen LogP contribution in [0, 0.1) is 11.8 Å². The van der Waals surface area contributed by atoms with Gasteiger partial charge in [0.2, 0.25) is 0 Å². The van der Waals surface area contributed by atoms with Crippen molar-refractivity contribution < 1.29 is 0 Å². The van der Waals surface area contributed by atoms with Crippen LogP contribution in [0.5, 0.6) is 0 Å². The van der Waals surface area contributed by atoms with Gasteiger partial charge in [-0.25, -0.2) is 0 Å². The zero-order chi connectivity index (χ0) is 14.7. The molecule has 2 nitrogen and oxygen atoms in total. The van der Waals surface area contributed by atoms with Gasteiger partial charge in [0.15, 0.2) is 0 Å². The van der Waals surface area contributed by atoms with Crippen molar-refractivity contribution in [2.45, 2.75) is 71.9 Å². The van der Waals surface area contributed by atoms with Crippen molar-refractivity contribution in [1.29, 1.82) is 0 Å². The Bertz CT molecular complexity index is 303. The fourth-order valence-corrected chi connectivity index (χ4v) is 3.41. The van der Waals surface area contributed by atoms with Crippen molar-refractivity contribution >= 4 is 0 Å². The summed E-state index contributed by atoms with van der Waals surface area (Å²) in [6, 6.07) is 0. The average molecular weight is 266 g/mol. The molecule has 3 atom stereocenters. The standard InChI is InChI=1S/C17H34N2/c1-7-11-17(6,15(3)16(4,5)18)19-12-9-8-10-14(2)13-19/h7,11,14-15H,8-10,12-13,18H2,1-6H3/b11-7+. The third-order valence-corrected chi connectivity index (χ3v) is 5.09. The third kappa shape index (κ3) is 4.06. The highest BCUT2D eigenvalue weighted by Gasteiger charge is 2.41. The second kappa shape index (κ2) is 6.41. The van der Waals surface area contributed by atoms with Gasteiger partial charge in [-0.3, -0.25) is 4.90 Å². The first-order chi connectivity index (χ1) is 8.71. The first-order valence-electron chi connectivity index (χ1n) is 7.89. The van der Waals surface area contributed by atoms with Gasteiger partial charge in [-0.05, 0) is 58.9 Å². The molecule has 0 bridgehead atoms. The van der Waals surface area contributed by atoms with Crippen molar-refractivity contribution in [2.24, 2.45) is 17.6 Å². The molecular weight excluding hydrogens is 232 g/mol. The van der Waals surface area contributed by atoms with Crippen LogP contribution in [-0.4, -0.2) is 29.1 Å². The van der Waals surface area contributed by atoms with E-state index in [2.05, 4.69) is 58.6 Å². The van der Waals surface area contributed by atoms with Gasteiger partial charge in [0.1, 0.15) is 0 Å². The molecule has 1 rings (SSSR count).